The third-order valence-corrected chi connectivity index (χ3v) is 2.99. The maximum atomic E-state index is 11.1. The van der Waals surface area contributed by atoms with Crippen LogP contribution >= 0.6 is 11.8 Å². The van der Waals surface area contributed by atoms with Crippen LogP contribution in [0.5, 0.6) is 0 Å². The number of carbonyl (C=O) groups excluding carboxylic acids is 1. The number of hydrogen-bond acceptors (Lipinski definition) is 3. The summed E-state index contributed by atoms with van der Waals surface area (Å²) in [7, 11) is 0. The Hall–Kier alpha value is -1.000. The van der Waals surface area contributed by atoms with Gasteiger partial charge in [-0.05, 0) is 17.7 Å². The SMILES string of the molecule is NCc1ccc2c(c1)NC(=O)CS2. The zero-order chi connectivity index (χ0) is 9.26. The predicted octanol–water partition coefficient (Wildman–Crippen LogP) is 1.19. The van der Waals surface area contributed by atoms with Crippen LogP contribution in [0.3, 0.4) is 0 Å². The van der Waals surface area contributed by atoms with Crippen LogP contribution in [0.1, 0.15) is 5.56 Å². The minimum Gasteiger partial charge on any atom is -0.326 e. The lowest BCUT2D eigenvalue weighted by Crippen LogP contribution is -2.18. The highest BCUT2D eigenvalue weighted by Crippen LogP contribution is 2.31. The quantitative estimate of drug-likeness (QED) is 0.706. The van der Waals surface area contributed by atoms with Crippen LogP contribution in [-0.2, 0) is 11.3 Å². The van der Waals surface area contributed by atoms with E-state index < -0.39 is 0 Å². The number of amides is 1. The second-order valence-electron chi connectivity index (χ2n) is 2.87. The molecule has 3 N–H and O–H groups in total. The summed E-state index contributed by atoms with van der Waals surface area (Å²) in [5.74, 6) is 0.571. The highest BCUT2D eigenvalue weighted by atomic mass is 32.2. The summed E-state index contributed by atoms with van der Waals surface area (Å²) in [5, 5.41) is 2.82. The number of fused-ring (bicyclic) bond motifs is 1. The molecule has 1 aromatic rings. The number of nitrogens with two attached hydrogens (primary N) is 1. The number of thioether (sulfide) groups is 1. The predicted molar refractivity (Wildman–Crippen MR) is 53.7 cm³/mol. The van der Waals surface area contributed by atoms with Crippen molar-refractivity contribution in [2.45, 2.75) is 11.4 Å². The van der Waals surface area contributed by atoms with Gasteiger partial charge in [0.05, 0.1) is 11.4 Å². The highest BCUT2D eigenvalue weighted by molar-refractivity contribution is 8.00. The maximum absolute atomic E-state index is 11.1. The molecule has 1 heterocycles. The van der Waals surface area contributed by atoms with Gasteiger partial charge in [0.15, 0.2) is 0 Å². The Kier molecular flexibility index (Phi) is 2.24. The Labute approximate surface area is 80.7 Å². The first kappa shape index (κ1) is 8.59. The molecule has 0 aromatic heterocycles. The van der Waals surface area contributed by atoms with E-state index >= 15 is 0 Å². The van der Waals surface area contributed by atoms with Crippen LogP contribution in [0.2, 0.25) is 0 Å². The van der Waals surface area contributed by atoms with Crippen molar-refractivity contribution in [3.8, 4) is 0 Å². The highest BCUT2D eigenvalue weighted by Gasteiger charge is 2.14. The van der Waals surface area contributed by atoms with E-state index in [2.05, 4.69) is 5.32 Å². The number of nitrogens with one attached hydrogen (secondary N) is 1. The van der Waals surface area contributed by atoms with Gasteiger partial charge >= 0.3 is 0 Å². The molecule has 0 saturated heterocycles. The van der Waals surface area contributed by atoms with Crippen molar-refractivity contribution in [3.05, 3.63) is 23.8 Å². The van der Waals surface area contributed by atoms with Crippen molar-refractivity contribution in [1.82, 2.24) is 0 Å². The van der Waals surface area contributed by atoms with Crippen molar-refractivity contribution >= 4 is 23.4 Å². The Morgan fingerprint density at radius 3 is 3.15 bits per heavy atom. The van der Waals surface area contributed by atoms with Crippen LogP contribution < -0.4 is 11.1 Å². The molecule has 68 valence electrons. The Morgan fingerprint density at radius 2 is 2.38 bits per heavy atom. The molecule has 0 saturated carbocycles. The van der Waals surface area contributed by atoms with Crippen LogP contribution in [0.15, 0.2) is 23.1 Å². The Morgan fingerprint density at radius 1 is 1.54 bits per heavy atom. The smallest absolute Gasteiger partial charge is 0.234 e. The minimum atomic E-state index is 0.0617. The lowest BCUT2D eigenvalue weighted by molar-refractivity contribution is -0.113. The first-order valence-electron chi connectivity index (χ1n) is 4.05. The van der Waals surface area contributed by atoms with Gasteiger partial charge < -0.3 is 11.1 Å². The van der Waals surface area contributed by atoms with Gasteiger partial charge in [0.2, 0.25) is 5.91 Å². The average molecular weight is 194 g/mol. The number of anilines is 1. The van der Waals surface area contributed by atoms with Crippen molar-refractivity contribution in [2.24, 2.45) is 5.73 Å². The molecule has 3 nitrogen and oxygen atoms in total. The summed E-state index contributed by atoms with van der Waals surface area (Å²) < 4.78 is 0. The summed E-state index contributed by atoms with van der Waals surface area (Å²) in [6.07, 6.45) is 0. The van der Waals surface area contributed by atoms with Gasteiger partial charge in [-0.2, -0.15) is 0 Å². The largest absolute Gasteiger partial charge is 0.326 e. The number of hydrogen-bond donors (Lipinski definition) is 2. The maximum Gasteiger partial charge on any atom is 0.234 e. The lowest BCUT2D eigenvalue weighted by atomic mass is 10.2. The number of benzene rings is 1. The van der Waals surface area contributed by atoms with Gasteiger partial charge in [0, 0.05) is 11.4 Å². The molecule has 0 unspecified atom stereocenters. The van der Waals surface area contributed by atoms with Gasteiger partial charge in [-0.15, -0.1) is 11.8 Å². The number of carbonyl (C=O) groups is 1. The summed E-state index contributed by atoms with van der Waals surface area (Å²) in [5.41, 5.74) is 7.43. The fourth-order valence-corrected chi connectivity index (χ4v) is 2.05. The summed E-state index contributed by atoms with van der Waals surface area (Å²) in [6, 6.07) is 5.92. The second-order valence-corrected chi connectivity index (χ2v) is 3.89. The van der Waals surface area contributed by atoms with Gasteiger partial charge in [-0.3, -0.25) is 4.79 Å². The Bertz CT molecular complexity index is 351. The molecule has 0 radical (unpaired) electrons. The first-order valence-corrected chi connectivity index (χ1v) is 5.04. The van der Waals surface area contributed by atoms with Crippen molar-refractivity contribution in [3.63, 3.8) is 0 Å². The molecular formula is C9H10N2OS. The van der Waals surface area contributed by atoms with Crippen molar-refractivity contribution < 1.29 is 4.79 Å². The van der Waals surface area contributed by atoms with E-state index in [4.69, 9.17) is 5.73 Å². The summed E-state index contributed by atoms with van der Waals surface area (Å²) in [6.45, 7) is 0.508. The van der Waals surface area contributed by atoms with Gasteiger partial charge in [-0.25, -0.2) is 0 Å². The first-order chi connectivity index (χ1) is 6.29. The zero-order valence-corrected chi connectivity index (χ0v) is 7.86. The molecule has 13 heavy (non-hydrogen) atoms. The van der Waals surface area contributed by atoms with Crippen molar-refractivity contribution in [2.75, 3.05) is 11.1 Å². The molecule has 0 bridgehead atoms. The van der Waals surface area contributed by atoms with E-state index in [0.29, 0.717) is 12.3 Å². The minimum absolute atomic E-state index is 0.0617. The van der Waals surface area contributed by atoms with Crippen LogP contribution in [0.25, 0.3) is 0 Å². The molecule has 2 rings (SSSR count). The fraction of sp³-hybridized carbons (Fsp3) is 0.222. The van der Waals surface area contributed by atoms with Crippen LogP contribution in [0.4, 0.5) is 5.69 Å². The molecule has 0 spiro atoms. The second kappa shape index (κ2) is 3.40. The molecule has 1 aliphatic heterocycles. The van der Waals surface area contributed by atoms with Gasteiger partial charge in [0.1, 0.15) is 0 Å². The van der Waals surface area contributed by atoms with E-state index in [1.165, 1.54) is 0 Å². The molecule has 0 fully saturated rings. The molecule has 4 heteroatoms. The van der Waals surface area contributed by atoms with Crippen LogP contribution in [-0.4, -0.2) is 11.7 Å². The zero-order valence-electron chi connectivity index (χ0n) is 7.04. The molecule has 0 atom stereocenters. The molecule has 1 aromatic carbocycles. The van der Waals surface area contributed by atoms with E-state index in [-0.39, 0.29) is 5.91 Å². The van der Waals surface area contributed by atoms with Crippen molar-refractivity contribution in [1.29, 1.82) is 0 Å². The van der Waals surface area contributed by atoms with E-state index in [1.807, 2.05) is 18.2 Å². The van der Waals surface area contributed by atoms with Gasteiger partial charge in [-0.1, -0.05) is 6.07 Å². The number of rotatable bonds is 1. The molecule has 1 amide bonds. The topological polar surface area (TPSA) is 55.1 Å². The normalized spacial score (nSPS) is 15.0. The van der Waals surface area contributed by atoms with E-state index in [9.17, 15) is 4.79 Å². The summed E-state index contributed by atoms with van der Waals surface area (Å²) in [4.78, 5) is 12.2. The van der Waals surface area contributed by atoms with E-state index in [0.717, 1.165) is 16.1 Å². The summed E-state index contributed by atoms with van der Waals surface area (Å²) >= 11 is 1.56. The standard InChI is InChI=1S/C9H10N2OS/c10-4-6-1-2-8-7(3-6)11-9(12)5-13-8/h1-3H,4-5,10H2,(H,11,12). The van der Waals surface area contributed by atoms with Gasteiger partial charge in [0.25, 0.3) is 0 Å². The third kappa shape index (κ3) is 1.68. The molecule has 0 aliphatic carbocycles. The molecular weight excluding hydrogens is 184 g/mol. The lowest BCUT2D eigenvalue weighted by Gasteiger charge is -2.16. The fourth-order valence-electron chi connectivity index (χ4n) is 1.26. The average Bonchev–Trinajstić information content (AvgIpc) is 2.16. The van der Waals surface area contributed by atoms with Crippen LogP contribution in [0, 0.1) is 0 Å². The monoisotopic (exact) mass is 194 g/mol. The Balaban J connectivity index is 2.38. The van der Waals surface area contributed by atoms with E-state index in [1.54, 1.807) is 11.8 Å². The third-order valence-electron chi connectivity index (χ3n) is 1.91. The molecule has 1 aliphatic rings.